The van der Waals surface area contributed by atoms with Crippen LogP contribution in [0.4, 0.5) is 5.69 Å². The third-order valence-electron chi connectivity index (χ3n) is 4.85. The van der Waals surface area contributed by atoms with Crippen molar-refractivity contribution in [3.05, 3.63) is 62.5 Å². The fourth-order valence-corrected chi connectivity index (χ4v) is 4.86. The maximum Gasteiger partial charge on any atom is 0.244 e. The standard InChI is InChI=1S/C22H26BrCl2N3O4S/c1-4-11-26-22(30)15(2)27(13-16-9-10-18(24)19(25)12-16)21(29)14-28(33(3,31)32)20-8-6-5-7-17(20)23/h5-10,12,15H,4,11,13-14H2,1-3H3,(H,26,30)/t15-/m0/s1. The highest BCUT2D eigenvalue weighted by Crippen LogP contribution is 2.28. The topological polar surface area (TPSA) is 86.8 Å². The molecule has 0 aliphatic rings. The van der Waals surface area contributed by atoms with E-state index in [2.05, 4.69) is 21.2 Å². The molecular weight excluding hydrogens is 553 g/mol. The molecule has 0 spiro atoms. The summed E-state index contributed by atoms with van der Waals surface area (Å²) in [5.74, 6) is -0.876. The number of carbonyl (C=O) groups is 2. The fourth-order valence-electron chi connectivity index (χ4n) is 3.06. The van der Waals surface area contributed by atoms with Crippen molar-refractivity contribution in [2.45, 2.75) is 32.9 Å². The van der Waals surface area contributed by atoms with Gasteiger partial charge >= 0.3 is 0 Å². The number of amides is 2. The first-order valence-corrected chi connectivity index (χ1v) is 13.6. The number of nitrogens with zero attached hydrogens (tertiary/aromatic N) is 2. The monoisotopic (exact) mass is 577 g/mol. The molecule has 180 valence electrons. The van der Waals surface area contributed by atoms with Gasteiger partial charge in [0, 0.05) is 17.6 Å². The van der Waals surface area contributed by atoms with E-state index in [0.29, 0.717) is 32.3 Å². The summed E-state index contributed by atoms with van der Waals surface area (Å²) in [7, 11) is -3.80. The number of para-hydroxylation sites is 1. The van der Waals surface area contributed by atoms with Gasteiger partial charge in [0.15, 0.2) is 0 Å². The summed E-state index contributed by atoms with van der Waals surface area (Å²) in [6, 6.07) is 10.8. The van der Waals surface area contributed by atoms with Crippen molar-refractivity contribution in [2.75, 3.05) is 23.7 Å². The van der Waals surface area contributed by atoms with E-state index in [1.54, 1.807) is 49.4 Å². The fraction of sp³-hybridized carbons (Fsp3) is 0.364. The van der Waals surface area contributed by atoms with Crippen LogP contribution in [0.2, 0.25) is 10.0 Å². The van der Waals surface area contributed by atoms with Crippen LogP contribution in [-0.4, -0.2) is 50.5 Å². The largest absolute Gasteiger partial charge is 0.354 e. The van der Waals surface area contributed by atoms with E-state index in [0.717, 1.165) is 17.0 Å². The predicted molar refractivity (Wildman–Crippen MR) is 136 cm³/mol. The van der Waals surface area contributed by atoms with Crippen molar-refractivity contribution in [2.24, 2.45) is 0 Å². The van der Waals surface area contributed by atoms with Crippen LogP contribution in [0, 0.1) is 0 Å². The molecule has 2 amide bonds. The summed E-state index contributed by atoms with van der Waals surface area (Å²) in [6.07, 6.45) is 1.77. The van der Waals surface area contributed by atoms with Crippen LogP contribution < -0.4 is 9.62 Å². The molecule has 0 saturated carbocycles. The van der Waals surface area contributed by atoms with Gasteiger partial charge in [0.1, 0.15) is 12.6 Å². The van der Waals surface area contributed by atoms with Gasteiger partial charge in [-0.15, -0.1) is 0 Å². The maximum absolute atomic E-state index is 13.4. The summed E-state index contributed by atoms with van der Waals surface area (Å²) in [5.41, 5.74) is 0.977. The summed E-state index contributed by atoms with van der Waals surface area (Å²) >= 11 is 15.5. The van der Waals surface area contributed by atoms with E-state index in [-0.39, 0.29) is 12.5 Å². The Hall–Kier alpha value is -1.81. The normalized spacial score (nSPS) is 12.2. The van der Waals surface area contributed by atoms with Crippen molar-refractivity contribution in [3.8, 4) is 0 Å². The SMILES string of the molecule is CCCNC(=O)[C@H](C)N(Cc1ccc(Cl)c(Cl)c1)C(=O)CN(c1ccccc1Br)S(C)(=O)=O. The number of halogens is 3. The van der Waals surface area contributed by atoms with E-state index < -0.39 is 28.5 Å². The van der Waals surface area contributed by atoms with Crippen LogP contribution in [0.3, 0.4) is 0 Å². The third-order valence-corrected chi connectivity index (χ3v) is 7.39. The number of hydrogen-bond donors (Lipinski definition) is 1. The molecule has 0 aliphatic carbocycles. The number of benzene rings is 2. The second kappa shape index (κ2) is 12.1. The Morgan fingerprint density at radius 2 is 1.79 bits per heavy atom. The average molecular weight is 579 g/mol. The Morgan fingerprint density at radius 3 is 2.36 bits per heavy atom. The van der Waals surface area contributed by atoms with Gasteiger partial charge in [-0.3, -0.25) is 13.9 Å². The first-order valence-electron chi connectivity index (χ1n) is 10.2. The van der Waals surface area contributed by atoms with E-state index in [1.165, 1.54) is 4.90 Å². The maximum atomic E-state index is 13.4. The van der Waals surface area contributed by atoms with Crippen LogP contribution in [0.15, 0.2) is 46.9 Å². The van der Waals surface area contributed by atoms with Crippen molar-refractivity contribution < 1.29 is 18.0 Å². The van der Waals surface area contributed by atoms with Gasteiger partial charge in [-0.05, 0) is 59.1 Å². The highest BCUT2D eigenvalue weighted by Gasteiger charge is 2.30. The van der Waals surface area contributed by atoms with Crippen LogP contribution >= 0.6 is 39.1 Å². The number of carbonyl (C=O) groups excluding carboxylic acids is 2. The van der Waals surface area contributed by atoms with Crippen molar-refractivity contribution in [3.63, 3.8) is 0 Å². The molecule has 0 aromatic heterocycles. The molecule has 1 N–H and O–H groups in total. The zero-order valence-electron chi connectivity index (χ0n) is 18.5. The number of rotatable bonds is 10. The Bertz CT molecular complexity index is 1110. The van der Waals surface area contributed by atoms with Crippen molar-refractivity contribution in [1.82, 2.24) is 10.2 Å². The predicted octanol–water partition coefficient (Wildman–Crippen LogP) is 4.47. The van der Waals surface area contributed by atoms with E-state index in [9.17, 15) is 18.0 Å². The molecule has 2 rings (SSSR count). The summed E-state index contributed by atoms with van der Waals surface area (Å²) in [5, 5.41) is 3.46. The third kappa shape index (κ3) is 7.60. The van der Waals surface area contributed by atoms with Gasteiger partial charge in [-0.1, -0.05) is 48.3 Å². The van der Waals surface area contributed by atoms with Gasteiger partial charge < -0.3 is 10.2 Å². The molecule has 0 saturated heterocycles. The summed E-state index contributed by atoms with van der Waals surface area (Å²) in [6.45, 7) is 3.55. The number of nitrogens with one attached hydrogen (secondary N) is 1. The number of sulfonamides is 1. The molecular formula is C22H26BrCl2N3O4S. The smallest absolute Gasteiger partial charge is 0.244 e. The first-order chi connectivity index (χ1) is 15.5. The Balaban J connectivity index is 2.40. The van der Waals surface area contributed by atoms with Gasteiger partial charge in [-0.2, -0.15) is 0 Å². The zero-order chi connectivity index (χ0) is 24.8. The summed E-state index contributed by atoms with van der Waals surface area (Å²) < 4.78 is 26.6. The Morgan fingerprint density at radius 1 is 1.12 bits per heavy atom. The van der Waals surface area contributed by atoms with E-state index >= 15 is 0 Å². The lowest BCUT2D eigenvalue weighted by atomic mass is 10.1. The Labute approximate surface area is 213 Å². The van der Waals surface area contributed by atoms with Crippen LogP contribution in [0.25, 0.3) is 0 Å². The molecule has 33 heavy (non-hydrogen) atoms. The molecule has 0 fully saturated rings. The second-order valence-electron chi connectivity index (χ2n) is 7.46. The minimum absolute atomic E-state index is 0.0456. The molecule has 0 bridgehead atoms. The zero-order valence-corrected chi connectivity index (χ0v) is 22.4. The molecule has 2 aromatic rings. The van der Waals surface area contributed by atoms with Gasteiger partial charge in [-0.25, -0.2) is 8.42 Å². The van der Waals surface area contributed by atoms with Gasteiger partial charge in [0.25, 0.3) is 0 Å². The minimum atomic E-state index is -3.80. The lowest BCUT2D eigenvalue weighted by molar-refractivity contribution is -0.139. The molecule has 11 heteroatoms. The highest BCUT2D eigenvalue weighted by atomic mass is 79.9. The number of anilines is 1. The lowest BCUT2D eigenvalue weighted by Gasteiger charge is -2.31. The molecule has 0 radical (unpaired) electrons. The van der Waals surface area contributed by atoms with Crippen molar-refractivity contribution in [1.29, 1.82) is 0 Å². The Kier molecular flexibility index (Phi) is 10.0. The van der Waals surface area contributed by atoms with E-state index in [1.807, 2.05) is 6.92 Å². The molecule has 7 nitrogen and oxygen atoms in total. The van der Waals surface area contributed by atoms with Crippen molar-refractivity contribution >= 4 is 66.7 Å². The van der Waals surface area contributed by atoms with Gasteiger partial charge in [0.05, 0.1) is 22.0 Å². The number of hydrogen-bond acceptors (Lipinski definition) is 4. The lowest BCUT2D eigenvalue weighted by Crippen LogP contribution is -2.51. The molecule has 0 heterocycles. The van der Waals surface area contributed by atoms with E-state index in [4.69, 9.17) is 23.2 Å². The molecule has 1 atom stereocenters. The van der Waals surface area contributed by atoms with Crippen LogP contribution in [-0.2, 0) is 26.2 Å². The molecule has 0 aliphatic heterocycles. The quantitative estimate of drug-likeness (QED) is 0.451. The summed E-state index contributed by atoms with van der Waals surface area (Å²) in [4.78, 5) is 27.4. The average Bonchev–Trinajstić information content (AvgIpc) is 2.75. The van der Waals surface area contributed by atoms with Crippen LogP contribution in [0.1, 0.15) is 25.8 Å². The second-order valence-corrected chi connectivity index (χ2v) is 11.0. The van der Waals surface area contributed by atoms with Crippen LogP contribution in [0.5, 0.6) is 0 Å². The minimum Gasteiger partial charge on any atom is -0.354 e. The first kappa shape index (κ1) is 27.4. The molecule has 2 aromatic carbocycles. The molecule has 0 unspecified atom stereocenters. The highest BCUT2D eigenvalue weighted by molar-refractivity contribution is 9.10. The van der Waals surface area contributed by atoms with Gasteiger partial charge in [0.2, 0.25) is 21.8 Å².